The van der Waals surface area contributed by atoms with Crippen molar-refractivity contribution in [3.05, 3.63) is 47.7 Å². The standard InChI is InChI=1S/C18H19F3N2O2S/c1-17(22)7-9-23(10-8-17)16(24)14-5-6-15(25-14)26-13-4-2-3-12(11-13)18(19,20)21/h2-6,11H,7-10,22H2,1H3. The van der Waals surface area contributed by atoms with Crippen molar-refractivity contribution in [1.82, 2.24) is 4.90 Å². The van der Waals surface area contributed by atoms with E-state index in [1.165, 1.54) is 6.07 Å². The Morgan fingerprint density at radius 1 is 1.23 bits per heavy atom. The predicted octanol–water partition coefficient (Wildman–Crippen LogP) is 4.40. The van der Waals surface area contributed by atoms with Crippen LogP contribution in [0.4, 0.5) is 13.2 Å². The summed E-state index contributed by atoms with van der Waals surface area (Å²) in [6, 6.07) is 8.13. The fourth-order valence-electron chi connectivity index (χ4n) is 2.72. The summed E-state index contributed by atoms with van der Waals surface area (Å²) in [6.07, 6.45) is -2.97. The number of rotatable bonds is 3. The highest BCUT2D eigenvalue weighted by molar-refractivity contribution is 7.99. The van der Waals surface area contributed by atoms with Crippen molar-refractivity contribution in [1.29, 1.82) is 0 Å². The molecule has 0 unspecified atom stereocenters. The monoisotopic (exact) mass is 384 g/mol. The summed E-state index contributed by atoms with van der Waals surface area (Å²) in [5, 5.41) is 0.369. The fraction of sp³-hybridized carbons (Fsp3) is 0.389. The third-order valence-corrected chi connectivity index (χ3v) is 5.28. The van der Waals surface area contributed by atoms with Crippen molar-refractivity contribution in [2.24, 2.45) is 5.73 Å². The molecule has 0 bridgehead atoms. The quantitative estimate of drug-likeness (QED) is 0.852. The molecule has 1 aromatic heterocycles. The van der Waals surface area contributed by atoms with Gasteiger partial charge in [0.05, 0.1) is 5.56 Å². The van der Waals surface area contributed by atoms with E-state index in [0.717, 1.165) is 23.9 Å². The van der Waals surface area contributed by atoms with Crippen molar-refractivity contribution in [3.8, 4) is 0 Å². The summed E-state index contributed by atoms with van der Waals surface area (Å²) < 4.78 is 43.9. The molecule has 2 aromatic rings. The van der Waals surface area contributed by atoms with Crippen LogP contribution in [0.15, 0.2) is 50.8 Å². The summed E-state index contributed by atoms with van der Waals surface area (Å²) >= 11 is 1.05. The number of nitrogens with two attached hydrogens (primary N) is 1. The lowest BCUT2D eigenvalue weighted by Crippen LogP contribution is -2.49. The van der Waals surface area contributed by atoms with Gasteiger partial charge in [0.2, 0.25) is 0 Å². The van der Waals surface area contributed by atoms with E-state index in [-0.39, 0.29) is 17.2 Å². The topological polar surface area (TPSA) is 59.5 Å². The molecule has 1 aliphatic heterocycles. The van der Waals surface area contributed by atoms with Crippen LogP contribution in [0.2, 0.25) is 0 Å². The van der Waals surface area contributed by atoms with E-state index >= 15 is 0 Å². The maximum absolute atomic E-state index is 12.8. The minimum absolute atomic E-state index is 0.181. The first kappa shape index (κ1) is 18.8. The van der Waals surface area contributed by atoms with E-state index in [4.69, 9.17) is 10.2 Å². The molecule has 0 spiro atoms. The number of furan rings is 1. The molecule has 1 saturated heterocycles. The number of carbonyl (C=O) groups excluding carboxylic acids is 1. The Morgan fingerprint density at radius 3 is 2.58 bits per heavy atom. The second kappa shape index (κ2) is 7.00. The summed E-state index contributed by atoms with van der Waals surface area (Å²) in [7, 11) is 0. The van der Waals surface area contributed by atoms with E-state index < -0.39 is 11.7 Å². The number of nitrogens with zero attached hydrogens (tertiary/aromatic N) is 1. The highest BCUT2D eigenvalue weighted by atomic mass is 32.2. The molecule has 0 radical (unpaired) electrons. The Kier molecular flexibility index (Phi) is 5.07. The largest absolute Gasteiger partial charge is 0.444 e. The molecule has 140 valence electrons. The summed E-state index contributed by atoms with van der Waals surface area (Å²) in [5.41, 5.74) is 5.09. The van der Waals surface area contributed by atoms with E-state index in [2.05, 4.69) is 0 Å². The van der Waals surface area contributed by atoms with Gasteiger partial charge in [0.15, 0.2) is 10.9 Å². The van der Waals surface area contributed by atoms with Gasteiger partial charge >= 0.3 is 6.18 Å². The highest BCUT2D eigenvalue weighted by Gasteiger charge is 2.31. The first-order valence-corrected chi connectivity index (χ1v) is 8.99. The van der Waals surface area contributed by atoms with Gasteiger partial charge in [-0.2, -0.15) is 13.2 Å². The lowest BCUT2D eigenvalue weighted by molar-refractivity contribution is -0.137. The van der Waals surface area contributed by atoms with Crippen LogP contribution in [0.25, 0.3) is 0 Å². The van der Waals surface area contributed by atoms with Crippen LogP contribution in [0, 0.1) is 0 Å². The maximum atomic E-state index is 12.8. The van der Waals surface area contributed by atoms with Crippen LogP contribution in [-0.4, -0.2) is 29.4 Å². The Labute approximate surface area is 153 Å². The van der Waals surface area contributed by atoms with Gasteiger partial charge in [-0.05, 0) is 50.1 Å². The number of hydrogen-bond donors (Lipinski definition) is 1. The molecule has 0 saturated carbocycles. The van der Waals surface area contributed by atoms with Crippen LogP contribution in [0.3, 0.4) is 0 Å². The molecule has 0 atom stereocenters. The first-order chi connectivity index (χ1) is 12.1. The van der Waals surface area contributed by atoms with E-state index in [9.17, 15) is 18.0 Å². The second-order valence-electron chi connectivity index (χ2n) is 6.69. The molecule has 8 heteroatoms. The van der Waals surface area contributed by atoms with Crippen molar-refractivity contribution < 1.29 is 22.4 Å². The second-order valence-corrected chi connectivity index (χ2v) is 7.77. The zero-order valence-corrected chi connectivity index (χ0v) is 15.0. The number of hydrogen-bond acceptors (Lipinski definition) is 4. The zero-order chi connectivity index (χ0) is 18.9. The molecule has 0 aliphatic carbocycles. The number of amides is 1. The summed E-state index contributed by atoms with van der Waals surface area (Å²) in [5.74, 6) is -0.0449. The van der Waals surface area contributed by atoms with Crippen LogP contribution < -0.4 is 5.73 Å². The number of alkyl halides is 3. The minimum Gasteiger partial charge on any atom is -0.444 e. The van der Waals surface area contributed by atoms with Crippen molar-refractivity contribution >= 4 is 17.7 Å². The van der Waals surface area contributed by atoms with Gasteiger partial charge < -0.3 is 15.1 Å². The molecule has 1 aliphatic rings. The minimum atomic E-state index is -4.40. The van der Waals surface area contributed by atoms with E-state index in [1.54, 1.807) is 23.1 Å². The zero-order valence-electron chi connectivity index (χ0n) is 14.2. The van der Waals surface area contributed by atoms with Gasteiger partial charge in [-0.15, -0.1) is 0 Å². The van der Waals surface area contributed by atoms with Gasteiger partial charge in [0.1, 0.15) is 0 Å². The fourth-order valence-corrected chi connectivity index (χ4v) is 3.55. The summed E-state index contributed by atoms with van der Waals surface area (Å²) in [6.45, 7) is 3.08. The van der Waals surface area contributed by atoms with Crippen LogP contribution >= 0.6 is 11.8 Å². The van der Waals surface area contributed by atoms with E-state index in [1.807, 2.05) is 6.92 Å². The number of halogens is 3. The Hall–Kier alpha value is -1.93. The lowest BCUT2D eigenvalue weighted by Gasteiger charge is -2.36. The van der Waals surface area contributed by atoms with Crippen LogP contribution in [0.5, 0.6) is 0 Å². The highest BCUT2D eigenvalue weighted by Crippen LogP contribution is 2.35. The maximum Gasteiger partial charge on any atom is 0.416 e. The third kappa shape index (κ3) is 4.42. The van der Waals surface area contributed by atoms with Crippen molar-refractivity contribution in [2.75, 3.05) is 13.1 Å². The van der Waals surface area contributed by atoms with Crippen LogP contribution in [0.1, 0.15) is 35.9 Å². The predicted molar refractivity (Wildman–Crippen MR) is 92.0 cm³/mol. The molecule has 26 heavy (non-hydrogen) atoms. The Bertz CT molecular complexity index is 792. The smallest absolute Gasteiger partial charge is 0.416 e. The molecular formula is C18H19F3N2O2S. The number of piperidine rings is 1. The van der Waals surface area contributed by atoms with Gasteiger partial charge in [0.25, 0.3) is 5.91 Å². The van der Waals surface area contributed by atoms with Crippen molar-refractivity contribution in [3.63, 3.8) is 0 Å². The Morgan fingerprint density at radius 2 is 1.92 bits per heavy atom. The lowest BCUT2D eigenvalue weighted by atomic mass is 9.91. The Balaban J connectivity index is 1.68. The number of likely N-dealkylation sites (tertiary alicyclic amines) is 1. The molecular weight excluding hydrogens is 365 g/mol. The van der Waals surface area contributed by atoms with Gasteiger partial charge in [-0.25, -0.2) is 0 Å². The normalized spacial score (nSPS) is 17.3. The molecule has 2 heterocycles. The van der Waals surface area contributed by atoms with Gasteiger partial charge in [-0.1, -0.05) is 17.8 Å². The average molecular weight is 384 g/mol. The van der Waals surface area contributed by atoms with Crippen molar-refractivity contribution in [2.45, 2.75) is 41.5 Å². The van der Waals surface area contributed by atoms with E-state index in [0.29, 0.717) is 35.9 Å². The SMILES string of the molecule is CC1(N)CCN(C(=O)c2ccc(Sc3cccc(C(F)(F)F)c3)o2)CC1. The molecule has 1 aromatic carbocycles. The third-order valence-electron chi connectivity index (χ3n) is 4.36. The molecule has 1 amide bonds. The number of benzene rings is 1. The van der Waals surface area contributed by atoms with Gasteiger partial charge in [0, 0.05) is 23.5 Å². The molecule has 3 rings (SSSR count). The summed E-state index contributed by atoms with van der Waals surface area (Å²) in [4.78, 5) is 14.6. The molecule has 1 fully saturated rings. The first-order valence-electron chi connectivity index (χ1n) is 8.17. The number of carbonyl (C=O) groups is 1. The van der Waals surface area contributed by atoms with Gasteiger partial charge in [-0.3, -0.25) is 4.79 Å². The average Bonchev–Trinajstić information content (AvgIpc) is 3.02. The van der Waals surface area contributed by atoms with Crippen LogP contribution in [-0.2, 0) is 6.18 Å². The molecule has 2 N–H and O–H groups in total. The molecule has 4 nitrogen and oxygen atoms in total.